The first kappa shape index (κ1) is 11.5. The average Bonchev–Trinajstić information content (AvgIpc) is 2.92. The number of nitrogens with two attached hydrogens (primary N) is 1. The van der Waals surface area contributed by atoms with Crippen molar-refractivity contribution in [3.63, 3.8) is 0 Å². The minimum atomic E-state index is 0.358. The predicted octanol–water partition coefficient (Wildman–Crippen LogP) is -1.55. The summed E-state index contributed by atoms with van der Waals surface area (Å²) in [6.45, 7) is 6.53. The third-order valence-electron chi connectivity index (χ3n) is 4.40. The van der Waals surface area contributed by atoms with Crippen LogP contribution in [0.15, 0.2) is 12.1 Å². The standard InChI is InChI=1S/C14H18N2O3/c1-3-17-4-2-16(1)12-8-15-7-10-5-13-14(6-11(10)12)19-9-18-13/h5-6,12,15H,1-4,7-9H2/p+2/t12-/m0/s1. The number of hydrogen-bond donors (Lipinski definition) is 2. The van der Waals surface area contributed by atoms with Crippen molar-refractivity contribution in [2.45, 2.75) is 12.6 Å². The van der Waals surface area contributed by atoms with E-state index in [-0.39, 0.29) is 0 Å². The fourth-order valence-corrected chi connectivity index (χ4v) is 3.40. The number of morpholine rings is 1. The molecule has 4 rings (SSSR count). The Bertz CT molecular complexity index is 486. The van der Waals surface area contributed by atoms with Gasteiger partial charge < -0.3 is 24.4 Å². The van der Waals surface area contributed by atoms with Crippen LogP contribution in [0, 0.1) is 0 Å². The van der Waals surface area contributed by atoms with Gasteiger partial charge in [-0.2, -0.15) is 0 Å². The van der Waals surface area contributed by atoms with Crippen LogP contribution in [-0.2, 0) is 11.3 Å². The van der Waals surface area contributed by atoms with E-state index in [0.717, 1.165) is 50.9 Å². The Morgan fingerprint density at radius 2 is 1.89 bits per heavy atom. The van der Waals surface area contributed by atoms with Crippen LogP contribution in [0.5, 0.6) is 11.5 Å². The molecule has 1 atom stereocenters. The molecule has 5 heteroatoms. The van der Waals surface area contributed by atoms with Crippen molar-refractivity contribution in [1.82, 2.24) is 0 Å². The van der Waals surface area contributed by atoms with Gasteiger partial charge in [0.15, 0.2) is 17.5 Å². The molecule has 1 fully saturated rings. The lowest BCUT2D eigenvalue weighted by molar-refractivity contribution is -0.954. The van der Waals surface area contributed by atoms with Gasteiger partial charge >= 0.3 is 0 Å². The smallest absolute Gasteiger partial charge is 0.231 e. The zero-order chi connectivity index (χ0) is 12.7. The quantitative estimate of drug-likeness (QED) is 0.645. The van der Waals surface area contributed by atoms with Crippen molar-refractivity contribution in [3.8, 4) is 11.5 Å². The molecule has 0 amide bonds. The monoisotopic (exact) mass is 264 g/mol. The first-order chi connectivity index (χ1) is 9.42. The number of quaternary nitrogens is 2. The molecule has 3 aliphatic rings. The lowest BCUT2D eigenvalue weighted by Crippen LogP contribution is -3.17. The van der Waals surface area contributed by atoms with Crippen LogP contribution in [0.3, 0.4) is 0 Å². The van der Waals surface area contributed by atoms with E-state index in [0.29, 0.717) is 12.8 Å². The second kappa shape index (κ2) is 4.67. The van der Waals surface area contributed by atoms with E-state index in [1.165, 1.54) is 11.1 Å². The third-order valence-corrected chi connectivity index (χ3v) is 4.40. The Labute approximate surface area is 112 Å². The molecule has 5 nitrogen and oxygen atoms in total. The molecular weight excluding hydrogens is 244 g/mol. The summed E-state index contributed by atoms with van der Waals surface area (Å²) < 4.78 is 16.5. The zero-order valence-corrected chi connectivity index (χ0v) is 11.0. The summed E-state index contributed by atoms with van der Waals surface area (Å²) >= 11 is 0. The average molecular weight is 264 g/mol. The highest BCUT2D eigenvalue weighted by atomic mass is 16.7. The van der Waals surface area contributed by atoms with Gasteiger partial charge in [-0.25, -0.2) is 0 Å². The number of nitrogens with one attached hydrogen (secondary N) is 1. The maximum Gasteiger partial charge on any atom is 0.231 e. The topological polar surface area (TPSA) is 48.7 Å². The maximum atomic E-state index is 5.53. The number of rotatable bonds is 1. The van der Waals surface area contributed by atoms with Crippen molar-refractivity contribution in [2.24, 2.45) is 0 Å². The van der Waals surface area contributed by atoms with E-state index >= 15 is 0 Å². The summed E-state index contributed by atoms with van der Waals surface area (Å²) in [5.41, 5.74) is 2.85. The number of hydrogen-bond acceptors (Lipinski definition) is 3. The molecule has 0 radical (unpaired) electrons. The van der Waals surface area contributed by atoms with E-state index < -0.39 is 0 Å². The predicted molar refractivity (Wildman–Crippen MR) is 67.3 cm³/mol. The van der Waals surface area contributed by atoms with E-state index in [1.54, 1.807) is 4.90 Å². The summed E-state index contributed by atoms with van der Waals surface area (Å²) in [6, 6.07) is 4.93. The first-order valence-corrected chi connectivity index (χ1v) is 7.08. The van der Waals surface area contributed by atoms with E-state index in [4.69, 9.17) is 14.2 Å². The summed E-state index contributed by atoms with van der Waals surface area (Å²) in [5.74, 6) is 1.82. The van der Waals surface area contributed by atoms with Gasteiger partial charge in [0.1, 0.15) is 26.2 Å². The molecule has 19 heavy (non-hydrogen) atoms. The highest BCUT2D eigenvalue weighted by molar-refractivity contribution is 5.49. The van der Waals surface area contributed by atoms with Gasteiger partial charge in [0.25, 0.3) is 0 Å². The van der Waals surface area contributed by atoms with Gasteiger partial charge in [0.05, 0.1) is 13.2 Å². The van der Waals surface area contributed by atoms with E-state index in [1.807, 2.05) is 0 Å². The van der Waals surface area contributed by atoms with Crippen LogP contribution in [0.1, 0.15) is 17.2 Å². The molecule has 3 aliphatic heterocycles. The molecule has 0 aliphatic carbocycles. The van der Waals surface area contributed by atoms with Crippen LogP contribution in [0.4, 0.5) is 0 Å². The normalized spacial score (nSPS) is 26.2. The van der Waals surface area contributed by atoms with Crippen molar-refractivity contribution in [1.29, 1.82) is 0 Å². The zero-order valence-electron chi connectivity index (χ0n) is 11.0. The van der Waals surface area contributed by atoms with Crippen LogP contribution < -0.4 is 19.7 Å². The van der Waals surface area contributed by atoms with Gasteiger partial charge in [0, 0.05) is 11.1 Å². The lowest BCUT2D eigenvalue weighted by Gasteiger charge is -2.33. The molecule has 0 spiro atoms. The Balaban J connectivity index is 1.69. The number of fused-ring (bicyclic) bond motifs is 2. The summed E-state index contributed by atoms with van der Waals surface area (Å²) in [4.78, 5) is 1.64. The number of ether oxygens (including phenoxy) is 3. The van der Waals surface area contributed by atoms with Gasteiger partial charge in [0.2, 0.25) is 6.79 Å². The molecule has 0 unspecified atom stereocenters. The number of benzene rings is 1. The van der Waals surface area contributed by atoms with E-state index in [9.17, 15) is 0 Å². The molecule has 0 saturated carbocycles. The van der Waals surface area contributed by atoms with Crippen LogP contribution in [0.25, 0.3) is 0 Å². The molecular formula is C14H20N2O3+2. The highest BCUT2D eigenvalue weighted by Gasteiger charge is 2.34. The van der Waals surface area contributed by atoms with Crippen molar-refractivity contribution in [3.05, 3.63) is 23.3 Å². The van der Waals surface area contributed by atoms with Gasteiger partial charge in [-0.15, -0.1) is 0 Å². The minimum Gasteiger partial charge on any atom is -0.454 e. The summed E-state index contributed by atoms with van der Waals surface area (Å²) in [7, 11) is 0. The fourth-order valence-electron chi connectivity index (χ4n) is 3.40. The Hall–Kier alpha value is -1.30. The van der Waals surface area contributed by atoms with Gasteiger partial charge in [-0.05, 0) is 12.1 Å². The molecule has 1 saturated heterocycles. The van der Waals surface area contributed by atoms with E-state index in [2.05, 4.69) is 17.4 Å². The second-order valence-electron chi connectivity index (χ2n) is 5.46. The third kappa shape index (κ3) is 1.98. The largest absolute Gasteiger partial charge is 0.454 e. The van der Waals surface area contributed by atoms with Crippen LogP contribution in [0.2, 0.25) is 0 Å². The Kier molecular flexibility index (Phi) is 2.83. The molecule has 1 aromatic carbocycles. The summed E-state index contributed by atoms with van der Waals surface area (Å²) in [6.07, 6.45) is 0. The van der Waals surface area contributed by atoms with Crippen LogP contribution >= 0.6 is 0 Å². The maximum absolute atomic E-state index is 5.53. The minimum absolute atomic E-state index is 0.358. The van der Waals surface area contributed by atoms with Gasteiger partial charge in [-0.1, -0.05) is 0 Å². The molecule has 3 N–H and O–H groups in total. The molecule has 102 valence electrons. The van der Waals surface area contributed by atoms with Crippen molar-refractivity contribution in [2.75, 3.05) is 39.6 Å². The van der Waals surface area contributed by atoms with Gasteiger partial charge in [-0.3, -0.25) is 0 Å². The first-order valence-electron chi connectivity index (χ1n) is 7.08. The SMILES string of the molecule is c1c2c(cc3c1OCO3)[C@@H]([NH+]1CCOCC1)C[NH2+]C2. The van der Waals surface area contributed by atoms with Crippen LogP contribution in [-0.4, -0.2) is 39.6 Å². The second-order valence-corrected chi connectivity index (χ2v) is 5.46. The highest BCUT2D eigenvalue weighted by Crippen LogP contribution is 2.36. The molecule has 3 heterocycles. The van der Waals surface area contributed by atoms with Crippen molar-refractivity contribution >= 4 is 0 Å². The Morgan fingerprint density at radius 1 is 1.11 bits per heavy atom. The fraction of sp³-hybridized carbons (Fsp3) is 0.571. The summed E-state index contributed by atoms with van der Waals surface area (Å²) in [5, 5.41) is 2.40. The van der Waals surface area contributed by atoms with Crippen molar-refractivity contribution < 1.29 is 24.4 Å². The molecule has 1 aromatic rings. The molecule has 0 aromatic heterocycles. The Morgan fingerprint density at radius 3 is 2.74 bits per heavy atom. The molecule has 0 bridgehead atoms. The lowest BCUT2D eigenvalue weighted by atomic mass is 9.94.